The number of imidazole rings is 1. The smallest absolute Gasteiger partial charge is 0.166 e. The molecule has 0 amide bonds. The molecule has 3 nitrogen and oxygen atoms in total. The Morgan fingerprint density at radius 3 is 2.79 bits per heavy atom. The molecule has 0 fully saturated rings. The van der Waals surface area contributed by atoms with Crippen molar-refractivity contribution < 1.29 is 0 Å². The van der Waals surface area contributed by atoms with Gasteiger partial charge in [0.05, 0.1) is 10.7 Å². The van der Waals surface area contributed by atoms with E-state index in [1.807, 2.05) is 6.26 Å². The highest BCUT2D eigenvalue weighted by Crippen LogP contribution is 2.06. The van der Waals surface area contributed by atoms with E-state index in [4.69, 9.17) is 0 Å². The quantitative estimate of drug-likeness (QED) is 0.852. The first-order valence-corrected chi connectivity index (χ1v) is 7.64. The monoisotopic (exact) mass is 271 g/mol. The Labute approximate surface area is 117 Å². The molecule has 0 saturated heterocycles. The fraction of sp³-hybridized carbons (Fsp3) is 0.267. The SMILES string of the molecule is CSc1nc2c([nH]1)=CCN(Cc1ccccc1)CC=2. The number of nitrogens with one attached hydrogen (secondary N) is 1. The summed E-state index contributed by atoms with van der Waals surface area (Å²) < 4.78 is 0. The van der Waals surface area contributed by atoms with Crippen molar-refractivity contribution in [3.63, 3.8) is 0 Å². The summed E-state index contributed by atoms with van der Waals surface area (Å²) >= 11 is 1.65. The number of hydrogen-bond acceptors (Lipinski definition) is 3. The first kappa shape index (κ1) is 12.5. The van der Waals surface area contributed by atoms with Crippen molar-refractivity contribution in [1.82, 2.24) is 14.9 Å². The predicted octanol–water partition coefficient (Wildman–Crippen LogP) is 1.21. The van der Waals surface area contributed by atoms with Gasteiger partial charge >= 0.3 is 0 Å². The van der Waals surface area contributed by atoms with Crippen LogP contribution in [0, 0.1) is 0 Å². The zero-order valence-corrected chi connectivity index (χ0v) is 11.8. The van der Waals surface area contributed by atoms with E-state index < -0.39 is 0 Å². The number of thioether (sulfide) groups is 1. The van der Waals surface area contributed by atoms with Gasteiger partial charge in [-0.05, 0) is 24.0 Å². The Balaban J connectivity index is 1.78. The van der Waals surface area contributed by atoms with Gasteiger partial charge in [0.2, 0.25) is 0 Å². The number of fused-ring (bicyclic) bond motifs is 1. The molecule has 4 heteroatoms. The summed E-state index contributed by atoms with van der Waals surface area (Å²) in [6.45, 7) is 2.87. The molecule has 0 aliphatic carbocycles. The van der Waals surface area contributed by atoms with Gasteiger partial charge in [0, 0.05) is 19.6 Å². The van der Waals surface area contributed by atoms with Gasteiger partial charge in [-0.15, -0.1) is 0 Å². The van der Waals surface area contributed by atoms with Gasteiger partial charge in [0.25, 0.3) is 0 Å². The number of H-pyrrole nitrogens is 1. The van der Waals surface area contributed by atoms with E-state index in [-0.39, 0.29) is 0 Å². The van der Waals surface area contributed by atoms with Gasteiger partial charge < -0.3 is 4.98 Å². The van der Waals surface area contributed by atoms with Crippen LogP contribution in [0.5, 0.6) is 0 Å². The van der Waals surface area contributed by atoms with E-state index >= 15 is 0 Å². The van der Waals surface area contributed by atoms with E-state index in [2.05, 4.69) is 57.4 Å². The van der Waals surface area contributed by atoms with Crippen LogP contribution < -0.4 is 10.7 Å². The number of nitrogens with zero attached hydrogens (tertiary/aromatic N) is 2. The third-order valence-corrected chi connectivity index (χ3v) is 3.86. The minimum Gasteiger partial charge on any atom is -0.333 e. The standard InChI is InChI=1S/C15H17N3S/c1-19-15-16-13-7-9-18(10-8-14(13)17-15)11-12-5-3-2-4-6-12/h2-8H,9-11H2,1H3,(H,16,17). The van der Waals surface area contributed by atoms with Crippen LogP contribution in [0.2, 0.25) is 0 Å². The molecule has 1 aromatic carbocycles. The molecular formula is C15H17N3S. The summed E-state index contributed by atoms with van der Waals surface area (Å²) in [5.41, 5.74) is 1.35. The van der Waals surface area contributed by atoms with E-state index in [1.54, 1.807) is 11.8 Å². The van der Waals surface area contributed by atoms with E-state index in [1.165, 1.54) is 5.56 Å². The highest BCUT2D eigenvalue weighted by Gasteiger charge is 2.07. The number of aromatic nitrogens is 2. The molecule has 2 heterocycles. The predicted molar refractivity (Wildman–Crippen MR) is 80.3 cm³/mol. The molecular weight excluding hydrogens is 254 g/mol. The topological polar surface area (TPSA) is 31.9 Å². The van der Waals surface area contributed by atoms with E-state index in [0.29, 0.717) is 0 Å². The molecule has 0 bridgehead atoms. The normalized spacial score (nSPS) is 15.2. The van der Waals surface area contributed by atoms with Gasteiger partial charge in [0.1, 0.15) is 0 Å². The molecule has 1 N–H and O–H groups in total. The Morgan fingerprint density at radius 2 is 2.00 bits per heavy atom. The Kier molecular flexibility index (Phi) is 3.71. The van der Waals surface area contributed by atoms with Crippen LogP contribution in [-0.2, 0) is 6.54 Å². The van der Waals surface area contributed by atoms with Gasteiger partial charge in [-0.25, -0.2) is 4.98 Å². The van der Waals surface area contributed by atoms with Crippen LogP contribution in [0.15, 0.2) is 35.5 Å². The third-order valence-electron chi connectivity index (χ3n) is 3.28. The number of benzene rings is 1. The van der Waals surface area contributed by atoms with Crippen molar-refractivity contribution in [1.29, 1.82) is 0 Å². The molecule has 0 atom stereocenters. The van der Waals surface area contributed by atoms with Crippen LogP contribution in [0.25, 0.3) is 12.2 Å². The number of aromatic amines is 1. The average molecular weight is 271 g/mol. The average Bonchev–Trinajstić information content (AvgIpc) is 2.77. The number of rotatable bonds is 3. The van der Waals surface area contributed by atoms with Crippen molar-refractivity contribution >= 4 is 23.9 Å². The van der Waals surface area contributed by atoms with Crippen LogP contribution in [-0.4, -0.2) is 34.2 Å². The van der Waals surface area contributed by atoms with E-state index in [0.717, 1.165) is 35.5 Å². The minimum atomic E-state index is 0.942. The lowest BCUT2D eigenvalue weighted by molar-refractivity contribution is 0.344. The minimum absolute atomic E-state index is 0.942. The van der Waals surface area contributed by atoms with Gasteiger partial charge in [-0.2, -0.15) is 0 Å². The van der Waals surface area contributed by atoms with Crippen LogP contribution in [0.1, 0.15) is 5.56 Å². The Bertz CT molecular complexity index is 625. The molecule has 1 aliphatic heterocycles. The summed E-state index contributed by atoms with van der Waals surface area (Å²) in [7, 11) is 0. The van der Waals surface area contributed by atoms with Crippen molar-refractivity contribution in [2.75, 3.05) is 19.3 Å². The molecule has 1 aromatic heterocycles. The molecule has 19 heavy (non-hydrogen) atoms. The molecule has 0 unspecified atom stereocenters. The lowest BCUT2D eigenvalue weighted by Gasteiger charge is -2.17. The summed E-state index contributed by atoms with van der Waals surface area (Å²) in [6, 6.07) is 10.6. The molecule has 1 aliphatic rings. The summed E-state index contributed by atoms with van der Waals surface area (Å²) in [6.07, 6.45) is 6.48. The Hall–Kier alpha value is -1.52. The first-order chi connectivity index (χ1) is 9.35. The largest absolute Gasteiger partial charge is 0.333 e. The molecule has 0 radical (unpaired) electrons. The van der Waals surface area contributed by atoms with Crippen LogP contribution >= 0.6 is 11.8 Å². The molecule has 0 saturated carbocycles. The Morgan fingerprint density at radius 1 is 1.21 bits per heavy atom. The maximum atomic E-state index is 4.56. The first-order valence-electron chi connectivity index (χ1n) is 6.42. The van der Waals surface area contributed by atoms with E-state index in [9.17, 15) is 0 Å². The molecule has 98 valence electrons. The maximum Gasteiger partial charge on any atom is 0.166 e. The van der Waals surface area contributed by atoms with Crippen molar-refractivity contribution in [3.05, 3.63) is 46.6 Å². The second kappa shape index (κ2) is 5.63. The highest BCUT2D eigenvalue weighted by atomic mass is 32.2. The highest BCUT2D eigenvalue weighted by molar-refractivity contribution is 7.98. The van der Waals surface area contributed by atoms with Crippen LogP contribution in [0.3, 0.4) is 0 Å². The second-order valence-electron chi connectivity index (χ2n) is 4.63. The molecule has 0 spiro atoms. The number of hydrogen-bond donors (Lipinski definition) is 1. The van der Waals surface area contributed by atoms with Gasteiger partial charge in [0.15, 0.2) is 5.16 Å². The van der Waals surface area contributed by atoms with Gasteiger partial charge in [-0.1, -0.05) is 42.1 Å². The van der Waals surface area contributed by atoms with Crippen molar-refractivity contribution in [3.8, 4) is 0 Å². The second-order valence-corrected chi connectivity index (χ2v) is 5.43. The fourth-order valence-electron chi connectivity index (χ4n) is 2.27. The maximum absolute atomic E-state index is 4.56. The van der Waals surface area contributed by atoms with Crippen molar-refractivity contribution in [2.24, 2.45) is 0 Å². The fourth-order valence-corrected chi connectivity index (χ4v) is 2.67. The summed E-state index contributed by atoms with van der Waals surface area (Å²) in [5.74, 6) is 0. The molecule has 3 rings (SSSR count). The van der Waals surface area contributed by atoms with Gasteiger partial charge in [-0.3, -0.25) is 4.90 Å². The lowest BCUT2D eigenvalue weighted by atomic mass is 10.2. The molecule has 2 aromatic rings. The zero-order chi connectivity index (χ0) is 13.1. The van der Waals surface area contributed by atoms with Crippen LogP contribution in [0.4, 0.5) is 0 Å². The summed E-state index contributed by atoms with van der Waals surface area (Å²) in [4.78, 5) is 10.3. The summed E-state index contributed by atoms with van der Waals surface area (Å²) in [5, 5.41) is 3.23. The lowest BCUT2D eigenvalue weighted by Crippen LogP contribution is -2.23. The van der Waals surface area contributed by atoms with Crippen molar-refractivity contribution in [2.45, 2.75) is 11.7 Å². The zero-order valence-electron chi connectivity index (χ0n) is 11.0. The third kappa shape index (κ3) is 2.91.